The van der Waals surface area contributed by atoms with E-state index in [4.69, 9.17) is 0 Å². The summed E-state index contributed by atoms with van der Waals surface area (Å²) < 4.78 is 14.1. The number of carboxylic acid groups (broad SMARTS) is 1. The van der Waals surface area contributed by atoms with Crippen LogP contribution in [0.15, 0.2) is 24.3 Å². The zero-order valence-corrected chi connectivity index (χ0v) is 13.8. The second kappa shape index (κ2) is 6.55. The molecular weight excluding hydrogens is 309 g/mol. The summed E-state index contributed by atoms with van der Waals surface area (Å²) in [6.07, 6.45) is 1.48. The molecule has 1 N–H and O–H groups in total. The fourth-order valence-electron chi connectivity index (χ4n) is 3.06. The Morgan fingerprint density at radius 2 is 2.04 bits per heavy atom. The maximum atomic E-state index is 14.1. The van der Waals surface area contributed by atoms with Gasteiger partial charge in [-0.3, -0.25) is 4.79 Å². The Morgan fingerprint density at radius 1 is 1.29 bits per heavy atom. The van der Waals surface area contributed by atoms with Crippen molar-refractivity contribution < 1.29 is 14.3 Å². The zero-order valence-electron chi connectivity index (χ0n) is 13.8. The first-order valence-electron chi connectivity index (χ1n) is 8.05. The number of anilines is 1. The maximum absolute atomic E-state index is 14.1. The fourth-order valence-corrected chi connectivity index (χ4v) is 3.06. The topological polar surface area (TPSA) is 66.3 Å². The molecular formula is C18H20FN3O2. The van der Waals surface area contributed by atoms with Crippen LogP contribution >= 0.6 is 0 Å². The minimum atomic E-state index is -0.780. The Bertz CT molecular complexity index is 779. The first-order chi connectivity index (χ1) is 11.5. The van der Waals surface area contributed by atoms with Gasteiger partial charge in [0.2, 0.25) is 0 Å². The van der Waals surface area contributed by atoms with Gasteiger partial charge in [-0.25, -0.2) is 14.4 Å². The molecule has 1 aliphatic rings. The van der Waals surface area contributed by atoms with E-state index in [1.54, 1.807) is 18.2 Å². The van der Waals surface area contributed by atoms with E-state index >= 15 is 0 Å². The highest BCUT2D eigenvalue weighted by atomic mass is 19.1. The lowest BCUT2D eigenvalue weighted by Gasteiger charge is -2.33. The van der Waals surface area contributed by atoms with Gasteiger partial charge in [0, 0.05) is 24.3 Å². The lowest BCUT2D eigenvalue weighted by molar-refractivity contribution is -0.141. The molecule has 3 rings (SSSR count). The number of piperidine rings is 1. The van der Waals surface area contributed by atoms with Gasteiger partial charge in [0.25, 0.3) is 0 Å². The molecule has 1 unspecified atom stereocenters. The third kappa shape index (κ3) is 3.09. The van der Waals surface area contributed by atoms with Gasteiger partial charge in [0.05, 0.1) is 11.5 Å². The lowest BCUT2D eigenvalue weighted by Crippen LogP contribution is -2.39. The summed E-state index contributed by atoms with van der Waals surface area (Å²) in [5.74, 6) is -0.507. The molecule has 5 nitrogen and oxygen atoms in total. The average Bonchev–Trinajstić information content (AvgIpc) is 2.58. The fraction of sp³-hybridized carbons (Fsp3) is 0.389. The number of rotatable bonds is 3. The SMILES string of the molecule is Cc1nc(-c2ccccc2F)nc(N2CCCC(C(=O)O)C2)c1C. The van der Waals surface area contributed by atoms with E-state index in [0.717, 1.165) is 24.2 Å². The van der Waals surface area contributed by atoms with E-state index in [1.165, 1.54) is 6.07 Å². The molecule has 0 bridgehead atoms. The molecule has 1 saturated heterocycles. The average molecular weight is 329 g/mol. The minimum absolute atomic E-state index is 0.337. The zero-order chi connectivity index (χ0) is 17.3. The third-order valence-corrected chi connectivity index (χ3v) is 4.55. The molecule has 24 heavy (non-hydrogen) atoms. The van der Waals surface area contributed by atoms with Gasteiger partial charge in [-0.05, 0) is 38.8 Å². The summed E-state index contributed by atoms with van der Waals surface area (Å²) >= 11 is 0. The summed E-state index contributed by atoms with van der Waals surface area (Å²) in [5, 5.41) is 9.29. The van der Waals surface area contributed by atoms with Crippen molar-refractivity contribution in [2.24, 2.45) is 5.92 Å². The molecule has 0 aliphatic carbocycles. The molecule has 0 saturated carbocycles. The van der Waals surface area contributed by atoms with Crippen molar-refractivity contribution in [1.82, 2.24) is 9.97 Å². The van der Waals surface area contributed by atoms with Crippen LogP contribution in [0.5, 0.6) is 0 Å². The van der Waals surface area contributed by atoms with E-state index in [-0.39, 0.29) is 5.82 Å². The van der Waals surface area contributed by atoms with Gasteiger partial charge < -0.3 is 10.0 Å². The molecule has 2 heterocycles. The monoisotopic (exact) mass is 329 g/mol. The van der Waals surface area contributed by atoms with Crippen molar-refractivity contribution in [3.63, 3.8) is 0 Å². The number of carbonyl (C=O) groups is 1. The normalized spacial score (nSPS) is 17.8. The van der Waals surface area contributed by atoms with Crippen molar-refractivity contribution in [2.75, 3.05) is 18.0 Å². The third-order valence-electron chi connectivity index (χ3n) is 4.55. The molecule has 0 radical (unpaired) electrons. The van der Waals surface area contributed by atoms with Crippen LogP contribution in [0.3, 0.4) is 0 Å². The number of hydrogen-bond donors (Lipinski definition) is 1. The van der Waals surface area contributed by atoms with Crippen LogP contribution < -0.4 is 4.90 Å². The van der Waals surface area contributed by atoms with Crippen LogP contribution in [-0.2, 0) is 4.79 Å². The highest BCUT2D eigenvalue weighted by Gasteiger charge is 2.27. The summed E-state index contributed by atoms with van der Waals surface area (Å²) in [6, 6.07) is 6.41. The number of nitrogens with zero attached hydrogens (tertiary/aromatic N) is 3. The molecule has 6 heteroatoms. The van der Waals surface area contributed by atoms with E-state index in [2.05, 4.69) is 9.97 Å². The van der Waals surface area contributed by atoms with Crippen LogP contribution in [0.2, 0.25) is 0 Å². The number of halogens is 1. The van der Waals surface area contributed by atoms with Crippen molar-refractivity contribution in [2.45, 2.75) is 26.7 Å². The van der Waals surface area contributed by atoms with Gasteiger partial charge in [0.15, 0.2) is 5.82 Å². The van der Waals surface area contributed by atoms with Crippen molar-refractivity contribution in [3.05, 3.63) is 41.3 Å². The second-order valence-electron chi connectivity index (χ2n) is 6.18. The smallest absolute Gasteiger partial charge is 0.308 e. The van der Waals surface area contributed by atoms with Crippen molar-refractivity contribution in [1.29, 1.82) is 0 Å². The Balaban J connectivity index is 2.02. The molecule has 1 fully saturated rings. The standard InChI is InChI=1S/C18H20FN3O2/c1-11-12(2)20-16(14-7-3-4-8-15(14)19)21-17(11)22-9-5-6-13(10-22)18(23)24/h3-4,7-8,13H,5-6,9-10H2,1-2H3,(H,23,24). The number of benzene rings is 1. The molecule has 1 aromatic heterocycles. The maximum Gasteiger partial charge on any atom is 0.308 e. The second-order valence-corrected chi connectivity index (χ2v) is 6.18. The number of hydrogen-bond acceptors (Lipinski definition) is 4. The molecule has 2 aromatic rings. The highest BCUT2D eigenvalue weighted by molar-refractivity contribution is 5.71. The van der Waals surface area contributed by atoms with Crippen LogP contribution in [0, 0.1) is 25.6 Å². The first kappa shape index (κ1) is 16.4. The summed E-state index contributed by atoms with van der Waals surface area (Å²) in [6.45, 7) is 4.95. The predicted molar refractivity (Wildman–Crippen MR) is 89.5 cm³/mol. The summed E-state index contributed by atoms with van der Waals surface area (Å²) in [5.41, 5.74) is 2.03. The Labute approximate surface area is 140 Å². The molecule has 0 spiro atoms. The van der Waals surface area contributed by atoms with Gasteiger partial charge in [0.1, 0.15) is 11.6 Å². The molecule has 0 amide bonds. The van der Waals surface area contributed by atoms with Crippen molar-refractivity contribution >= 4 is 11.8 Å². The Hall–Kier alpha value is -2.50. The largest absolute Gasteiger partial charge is 0.481 e. The van der Waals surface area contributed by atoms with E-state index in [1.807, 2.05) is 18.7 Å². The lowest BCUT2D eigenvalue weighted by atomic mass is 9.98. The number of aliphatic carboxylic acids is 1. The number of aryl methyl sites for hydroxylation is 1. The number of aromatic nitrogens is 2. The van der Waals surface area contributed by atoms with Crippen LogP contribution in [0.4, 0.5) is 10.2 Å². The predicted octanol–water partition coefficient (Wildman–Crippen LogP) is 3.20. The summed E-state index contributed by atoms with van der Waals surface area (Å²) in [4.78, 5) is 22.3. The van der Waals surface area contributed by atoms with Crippen molar-refractivity contribution in [3.8, 4) is 11.4 Å². The van der Waals surface area contributed by atoms with Crippen LogP contribution in [0.1, 0.15) is 24.1 Å². The van der Waals surface area contributed by atoms with E-state index in [9.17, 15) is 14.3 Å². The van der Waals surface area contributed by atoms with Crippen LogP contribution in [-0.4, -0.2) is 34.1 Å². The summed E-state index contributed by atoms with van der Waals surface area (Å²) in [7, 11) is 0. The molecule has 1 aromatic carbocycles. The Kier molecular flexibility index (Phi) is 4.46. The van der Waals surface area contributed by atoms with Gasteiger partial charge in [-0.1, -0.05) is 12.1 Å². The van der Waals surface area contributed by atoms with E-state index < -0.39 is 11.9 Å². The van der Waals surface area contributed by atoms with Gasteiger partial charge in [-0.15, -0.1) is 0 Å². The van der Waals surface area contributed by atoms with Crippen LogP contribution in [0.25, 0.3) is 11.4 Å². The quantitative estimate of drug-likeness (QED) is 0.937. The molecule has 126 valence electrons. The first-order valence-corrected chi connectivity index (χ1v) is 8.05. The van der Waals surface area contributed by atoms with Gasteiger partial charge in [-0.2, -0.15) is 0 Å². The highest BCUT2D eigenvalue weighted by Crippen LogP contribution is 2.29. The Morgan fingerprint density at radius 3 is 2.75 bits per heavy atom. The minimum Gasteiger partial charge on any atom is -0.481 e. The molecule has 1 atom stereocenters. The van der Waals surface area contributed by atoms with Gasteiger partial charge >= 0.3 is 5.97 Å². The molecule has 1 aliphatic heterocycles. The number of carboxylic acids is 1. The van der Waals surface area contributed by atoms with E-state index in [0.29, 0.717) is 30.2 Å².